The van der Waals surface area contributed by atoms with Crippen LogP contribution in [0.25, 0.3) is 0 Å². The molecule has 1 heterocycles. The van der Waals surface area contributed by atoms with Gasteiger partial charge < -0.3 is 10.1 Å². The van der Waals surface area contributed by atoms with Crippen molar-refractivity contribution in [2.24, 2.45) is 0 Å². The molecule has 17 heavy (non-hydrogen) atoms. The Bertz CT molecular complexity index is 218. The van der Waals surface area contributed by atoms with Crippen molar-refractivity contribution in [2.75, 3.05) is 6.61 Å². The van der Waals surface area contributed by atoms with Gasteiger partial charge in [-0.1, -0.05) is 19.8 Å². The Hall–Kier alpha value is -0.570. The largest absolute Gasteiger partial charge is 0.466 e. The van der Waals surface area contributed by atoms with E-state index < -0.39 is 0 Å². The average molecular weight is 241 g/mol. The highest BCUT2D eigenvalue weighted by molar-refractivity contribution is 5.69. The maximum Gasteiger partial charge on any atom is 0.305 e. The molecule has 0 bridgehead atoms. The molecule has 0 aromatic rings. The van der Waals surface area contributed by atoms with Gasteiger partial charge in [0, 0.05) is 18.5 Å². The summed E-state index contributed by atoms with van der Waals surface area (Å²) in [5, 5.41) is 3.68. The Morgan fingerprint density at radius 1 is 1.18 bits per heavy atom. The van der Waals surface area contributed by atoms with Crippen LogP contribution in [-0.2, 0) is 9.53 Å². The summed E-state index contributed by atoms with van der Waals surface area (Å²) in [4.78, 5) is 11.2. The zero-order chi connectivity index (χ0) is 12.5. The third-order valence-electron chi connectivity index (χ3n) is 3.48. The first kappa shape index (κ1) is 14.5. The summed E-state index contributed by atoms with van der Waals surface area (Å²) in [5.74, 6) is -0.0481. The van der Waals surface area contributed by atoms with Gasteiger partial charge in [0.2, 0.25) is 0 Å². The number of unbranched alkanes of at least 4 members (excludes halogenated alkanes) is 1. The van der Waals surface area contributed by atoms with Gasteiger partial charge in [-0.2, -0.15) is 0 Å². The zero-order valence-corrected chi connectivity index (χ0v) is 11.3. The van der Waals surface area contributed by atoms with E-state index in [0.29, 0.717) is 19.1 Å². The van der Waals surface area contributed by atoms with E-state index in [1.54, 1.807) is 0 Å². The number of nitrogens with one attached hydrogen (secondary N) is 1. The van der Waals surface area contributed by atoms with Crippen LogP contribution >= 0.6 is 0 Å². The van der Waals surface area contributed by atoms with E-state index in [1.165, 1.54) is 32.1 Å². The Balaban J connectivity index is 2.03. The lowest BCUT2D eigenvalue weighted by Crippen LogP contribution is -2.29. The smallest absolute Gasteiger partial charge is 0.305 e. The van der Waals surface area contributed by atoms with Crippen LogP contribution in [0.1, 0.15) is 65.2 Å². The second-order valence-corrected chi connectivity index (χ2v) is 4.98. The first-order valence-electron chi connectivity index (χ1n) is 7.18. The molecular weight excluding hydrogens is 214 g/mol. The highest BCUT2D eigenvalue weighted by atomic mass is 16.5. The molecule has 100 valence electrons. The van der Waals surface area contributed by atoms with E-state index in [9.17, 15) is 4.79 Å². The Morgan fingerprint density at radius 2 is 1.82 bits per heavy atom. The monoisotopic (exact) mass is 241 g/mol. The number of ether oxygens (including phenoxy) is 1. The van der Waals surface area contributed by atoms with Crippen LogP contribution in [0.4, 0.5) is 0 Å². The van der Waals surface area contributed by atoms with Crippen LogP contribution in [0.15, 0.2) is 0 Å². The molecule has 3 heteroatoms. The van der Waals surface area contributed by atoms with Gasteiger partial charge in [0.15, 0.2) is 0 Å². The molecule has 0 aromatic carbocycles. The predicted octanol–water partition coefficient (Wildman–Crippen LogP) is 3.03. The summed E-state index contributed by atoms with van der Waals surface area (Å²) < 4.78 is 4.92. The molecule has 1 fully saturated rings. The highest BCUT2D eigenvalue weighted by Gasteiger charge is 2.22. The fraction of sp³-hybridized carbons (Fsp3) is 0.929. The first-order valence-corrected chi connectivity index (χ1v) is 7.18. The first-order chi connectivity index (χ1) is 8.26. The van der Waals surface area contributed by atoms with Gasteiger partial charge >= 0.3 is 5.97 Å². The molecule has 0 saturated carbocycles. The van der Waals surface area contributed by atoms with E-state index >= 15 is 0 Å². The van der Waals surface area contributed by atoms with Crippen LogP contribution in [0, 0.1) is 0 Å². The van der Waals surface area contributed by atoms with Gasteiger partial charge in [-0.05, 0) is 39.0 Å². The number of esters is 1. The molecule has 1 rings (SSSR count). The van der Waals surface area contributed by atoms with E-state index in [2.05, 4.69) is 12.2 Å². The zero-order valence-electron chi connectivity index (χ0n) is 11.3. The van der Waals surface area contributed by atoms with Crippen LogP contribution in [-0.4, -0.2) is 24.7 Å². The number of carbonyl (C=O) groups excluding carboxylic acids is 1. The van der Waals surface area contributed by atoms with Crippen molar-refractivity contribution >= 4 is 5.97 Å². The SMILES string of the molecule is CCCC[C@H]1CC[C@@H](CCCC(=O)OCC)N1. The molecule has 0 aliphatic carbocycles. The van der Waals surface area contributed by atoms with Crippen LogP contribution in [0.3, 0.4) is 0 Å². The van der Waals surface area contributed by atoms with E-state index in [0.717, 1.165) is 18.9 Å². The van der Waals surface area contributed by atoms with Crippen molar-refractivity contribution in [3.8, 4) is 0 Å². The molecule has 1 aliphatic rings. The summed E-state index contributed by atoms with van der Waals surface area (Å²) in [5.41, 5.74) is 0. The third-order valence-corrected chi connectivity index (χ3v) is 3.48. The molecule has 0 aromatic heterocycles. The van der Waals surface area contributed by atoms with Gasteiger partial charge in [0.05, 0.1) is 6.61 Å². The predicted molar refractivity (Wildman–Crippen MR) is 70.0 cm³/mol. The third kappa shape index (κ3) is 6.06. The summed E-state index contributed by atoms with van der Waals surface area (Å²) in [6.07, 6.45) is 9.15. The van der Waals surface area contributed by atoms with Gasteiger partial charge in [0.25, 0.3) is 0 Å². The van der Waals surface area contributed by atoms with Crippen molar-refractivity contribution in [3.05, 3.63) is 0 Å². The summed E-state index contributed by atoms with van der Waals surface area (Å²) >= 11 is 0. The summed E-state index contributed by atoms with van der Waals surface area (Å²) in [6, 6.07) is 1.36. The molecule has 3 nitrogen and oxygen atoms in total. The molecule has 0 amide bonds. The minimum absolute atomic E-state index is 0.0481. The fourth-order valence-corrected chi connectivity index (χ4v) is 2.53. The van der Waals surface area contributed by atoms with Crippen molar-refractivity contribution in [3.63, 3.8) is 0 Å². The van der Waals surface area contributed by atoms with E-state index in [-0.39, 0.29) is 5.97 Å². The Morgan fingerprint density at radius 3 is 2.41 bits per heavy atom. The normalized spacial score (nSPS) is 23.9. The summed E-state index contributed by atoms with van der Waals surface area (Å²) in [7, 11) is 0. The highest BCUT2D eigenvalue weighted by Crippen LogP contribution is 2.20. The van der Waals surface area contributed by atoms with Crippen molar-refractivity contribution < 1.29 is 9.53 Å². The molecule has 0 radical (unpaired) electrons. The van der Waals surface area contributed by atoms with Gasteiger partial charge in [0.1, 0.15) is 0 Å². The number of hydrogen-bond donors (Lipinski definition) is 1. The van der Waals surface area contributed by atoms with Gasteiger partial charge in [-0.15, -0.1) is 0 Å². The minimum Gasteiger partial charge on any atom is -0.466 e. The molecule has 1 N–H and O–H groups in total. The molecule has 0 unspecified atom stereocenters. The summed E-state index contributed by atoms with van der Waals surface area (Å²) in [6.45, 7) is 4.60. The van der Waals surface area contributed by atoms with Gasteiger partial charge in [-0.3, -0.25) is 4.79 Å². The lowest BCUT2D eigenvalue weighted by Gasteiger charge is -2.13. The molecule has 1 saturated heterocycles. The van der Waals surface area contributed by atoms with Crippen molar-refractivity contribution in [2.45, 2.75) is 77.3 Å². The quantitative estimate of drug-likeness (QED) is 0.664. The maximum atomic E-state index is 11.2. The molecule has 2 atom stereocenters. The lowest BCUT2D eigenvalue weighted by molar-refractivity contribution is -0.143. The second kappa shape index (κ2) is 8.51. The van der Waals surface area contributed by atoms with Crippen molar-refractivity contribution in [1.29, 1.82) is 0 Å². The topological polar surface area (TPSA) is 38.3 Å². The number of hydrogen-bond acceptors (Lipinski definition) is 3. The minimum atomic E-state index is -0.0481. The molecule has 1 aliphatic heterocycles. The number of carbonyl (C=O) groups is 1. The lowest BCUT2D eigenvalue weighted by atomic mass is 10.1. The van der Waals surface area contributed by atoms with Crippen LogP contribution in [0.2, 0.25) is 0 Å². The second-order valence-electron chi connectivity index (χ2n) is 4.98. The number of rotatable bonds is 8. The van der Waals surface area contributed by atoms with Crippen LogP contribution < -0.4 is 5.32 Å². The van der Waals surface area contributed by atoms with E-state index in [1.807, 2.05) is 6.92 Å². The average Bonchev–Trinajstić information content (AvgIpc) is 2.75. The van der Waals surface area contributed by atoms with Crippen molar-refractivity contribution in [1.82, 2.24) is 5.32 Å². The van der Waals surface area contributed by atoms with Gasteiger partial charge in [-0.25, -0.2) is 0 Å². The van der Waals surface area contributed by atoms with Crippen LogP contribution in [0.5, 0.6) is 0 Å². The van der Waals surface area contributed by atoms with E-state index in [4.69, 9.17) is 4.74 Å². The maximum absolute atomic E-state index is 11.2. The molecule has 0 spiro atoms. The molecular formula is C14H27NO2. The Kier molecular flexibility index (Phi) is 7.25. The fourth-order valence-electron chi connectivity index (χ4n) is 2.53. The standard InChI is InChI=1S/C14H27NO2/c1-3-5-7-12-10-11-13(15-12)8-6-9-14(16)17-4-2/h12-13,15H,3-11H2,1-2H3/t12-,13+/m0/s1. The Labute approximate surface area is 105 Å².